The highest BCUT2D eigenvalue weighted by molar-refractivity contribution is 7.89. The molecule has 2 saturated heterocycles. The fraction of sp³-hybridized carbons (Fsp3) is 0.394. The molecule has 45 heavy (non-hydrogen) atoms. The Morgan fingerprint density at radius 2 is 1.64 bits per heavy atom. The van der Waals surface area contributed by atoms with Crippen molar-refractivity contribution in [3.05, 3.63) is 90.0 Å². The Kier molecular flexibility index (Phi) is 11.1. The van der Waals surface area contributed by atoms with Crippen molar-refractivity contribution in [1.82, 2.24) is 14.5 Å². The molecular formula is C33H39N3O8S. The van der Waals surface area contributed by atoms with E-state index in [4.69, 9.17) is 18.9 Å². The third-order valence-corrected chi connectivity index (χ3v) is 9.74. The highest BCUT2D eigenvalue weighted by atomic mass is 32.2. The largest absolute Gasteiger partial charge is 0.497 e. The van der Waals surface area contributed by atoms with Gasteiger partial charge in [0.05, 0.1) is 31.3 Å². The van der Waals surface area contributed by atoms with E-state index >= 15 is 0 Å². The maximum atomic E-state index is 13.9. The summed E-state index contributed by atoms with van der Waals surface area (Å²) in [6.45, 7) is 2.08. The van der Waals surface area contributed by atoms with Crippen molar-refractivity contribution in [2.45, 2.75) is 36.4 Å². The summed E-state index contributed by atoms with van der Waals surface area (Å²) in [7, 11) is -2.09. The summed E-state index contributed by atoms with van der Waals surface area (Å²) in [5.41, 5.74) is 1.46. The number of amides is 2. The van der Waals surface area contributed by atoms with E-state index < -0.39 is 22.0 Å². The van der Waals surface area contributed by atoms with Crippen LogP contribution in [-0.2, 0) is 35.6 Å². The number of sulfonamides is 1. The summed E-state index contributed by atoms with van der Waals surface area (Å²) in [5.74, 6) is 0.258. The topological polar surface area (TPSA) is 124 Å². The summed E-state index contributed by atoms with van der Waals surface area (Å²) < 4.78 is 49.5. The molecule has 3 aromatic rings. The Hall–Kier alpha value is -3.97. The van der Waals surface area contributed by atoms with E-state index in [1.165, 1.54) is 33.5 Å². The lowest BCUT2D eigenvalue weighted by atomic mass is 10.0. The third-order valence-electron chi connectivity index (χ3n) is 7.83. The number of carbonyl (C=O) groups is 2. The molecule has 0 saturated carbocycles. The van der Waals surface area contributed by atoms with E-state index in [0.717, 1.165) is 18.4 Å². The summed E-state index contributed by atoms with van der Waals surface area (Å²) in [6.07, 6.45) is 1.75. The molecule has 2 fully saturated rings. The molecule has 11 nitrogen and oxygen atoms in total. The number of methoxy groups -OCH3 is 1. The third kappa shape index (κ3) is 8.40. The van der Waals surface area contributed by atoms with Crippen molar-refractivity contribution >= 4 is 21.8 Å². The fourth-order valence-corrected chi connectivity index (χ4v) is 6.76. The molecule has 2 aliphatic rings. The number of rotatable bonds is 13. The first-order valence-electron chi connectivity index (χ1n) is 15.0. The van der Waals surface area contributed by atoms with Gasteiger partial charge in [0.15, 0.2) is 6.61 Å². The minimum Gasteiger partial charge on any atom is -0.497 e. The van der Waals surface area contributed by atoms with Gasteiger partial charge in [-0.1, -0.05) is 42.5 Å². The minimum atomic E-state index is -3.67. The van der Waals surface area contributed by atoms with E-state index in [9.17, 15) is 18.0 Å². The van der Waals surface area contributed by atoms with Gasteiger partial charge in [-0.3, -0.25) is 9.59 Å². The van der Waals surface area contributed by atoms with E-state index in [2.05, 4.69) is 5.32 Å². The SMILES string of the molecule is COc1ccc(CN(C(=O)COc2ccc(S(=O)(=O)N3CCOCC3)cc2)C(C(=O)NCC2CCCO2)c2ccccc2)cc1. The minimum absolute atomic E-state index is 0.0607. The standard InChI is InChI=1S/C33H39N3O8S/c1-41-27-11-9-25(10-12-27)23-36(32(26-6-3-2-4-7-26)33(38)34-22-29-8-5-19-43-29)31(37)24-44-28-13-15-30(16-14-28)45(39,40)35-17-20-42-21-18-35/h2-4,6-7,9-16,29,32H,5,8,17-24H2,1H3,(H,34,38). The molecule has 0 aromatic heterocycles. The van der Waals surface area contributed by atoms with Crippen LogP contribution in [0.15, 0.2) is 83.8 Å². The lowest BCUT2D eigenvalue weighted by Crippen LogP contribution is -2.46. The Labute approximate surface area is 264 Å². The van der Waals surface area contributed by atoms with E-state index in [1.54, 1.807) is 19.2 Å². The van der Waals surface area contributed by atoms with Crippen LogP contribution in [0, 0.1) is 0 Å². The van der Waals surface area contributed by atoms with Gasteiger partial charge in [0.1, 0.15) is 17.5 Å². The van der Waals surface area contributed by atoms with Crippen LogP contribution in [0.5, 0.6) is 11.5 Å². The lowest BCUT2D eigenvalue weighted by Gasteiger charge is -2.32. The maximum absolute atomic E-state index is 13.9. The van der Waals surface area contributed by atoms with E-state index in [0.29, 0.717) is 56.5 Å². The molecule has 240 valence electrons. The smallest absolute Gasteiger partial charge is 0.261 e. The van der Waals surface area contributed by atoms with Gasteiger partial charge in [-0.2, -0.15) is 4.31 Å². The van der Waals surface area contributed by atoms with Crippen molar-refractivity contribution in [1.29, 1.82) is 0 Å². The average molecular weight is 638 g/mol. The highest BCUT2D eigenvalue weighted by Gasteiger charge is 2.33. The number of ether oxygens (including phenoxy) is 4. The molecule has 12 heteroatoms. The van der Waals surface area contributed by atoms with Crippen LogP contribution in [0.25, 0.3) is 0 Å². The zero-order valence-corrected chi connectivity index (χ0v) is 26.1. The summed E-state index contributed by atoms with van der Waals surface area (Å²) in [6, 6.07) is 21.5. The number of benzene rings is 3. The van der Waals surface area contributed by atoms with E-state index in [-0.39, 0.29) is 30.1 Å². The molecule has 1 N–H and O–H groups in total. The molecule has 2 heterocycles. The average Bonchev–Trinajstić information content (AvgIpc) is 3.61. The van der Waals surface area contributed by atoms with Gasteiger partial charge < -0.3 is 29.2 Å². The second-order valence-corrected chi connectivity index (χ2v) is 12.8. The quantitative estimate of drug-likeness (QED) is 0.303. The Bertz CT molecular complexity index is 1510. The van der Waals surface area contributed by atoms with Crippen molar-refractivity contribution in [2.75, 3.05) is 53.2 Å². The molecule has 2 atom stereocenters. The van der Waals surface area contributed by atoms with Crippen LogP contribution >= 0.6 is 0 Å². The normalized spacial score (nSPS) is 17.8. The molecule has 0 spiro atoms. The van der Waals surface area contributed by atoms with Crippen molar-refractivity contribution < 1.29 is 37.0 Å². The van der Waals surface area contributed by atoms with Crippen LogP contribution in [0.2, 0.25) is 0 Å². The molecule has 0 radical (unpaired) electrons. The first kappa shape index (κ1) is 32.4. The molecule has 0 aliphatic carbocycles. The molecule has 2 amide bonds. The lowest BCUT2D eigenvalue weighted by molar-refractivity contribution is -0.143. The maximum Gasteiger partial charge on any atom is 0.261 e. The van der Waals surface area contributed by atoms with Crippen molar-refractivity contribution in [3.63, 3.8) is 0 Å². The molecule has 5 rings (SSSR count). The number of morpholine rings is 1. The predicted octanol–water partition coefficient (Wildman–Crippen LogP) is 3.16. The van der Waals surface area contributed by atoms with Crippen molar-refractivity contribution in [2.24, 2.45) is 0 Å². The number of carbonyl (C=O) groups excluding carboxylic acids is 2. The molecular weight excluding hydrogens is 598 g/mol. The second-order valence-electron chi connectivity index (χ2n) is 10.8. The molecule has 0 bridgehead atoms. The zero-order chi connectivity index (χ0) is 31.6. The zero-order valence-electron chi connectivity index (χ0n) is 25.3. The van der Waals surface area contributed by atoms with E-state index in [1.807, 2.05) is 42.5 Å². The predicted molar refractivity (Wildman–Crippen MR) is 166 cm³/mol. The number of nitrogens with zero attached hydrogens (tertiary/aromatic N) is 2. The van der Waals surface area contributed by atoms with Gasteiger partial charge in [-0.05, 0) is 60.4 Å². The van der Waals surface area contributed by atoms with Crippen LogP contribution in [-0.4, -0.2) is 88.7 Å². The van der Waals surface area contributed by atoms with Gasteiger partial charge >= 0.3 is 0 Å². The Balaban J connectivity index is 1.35. The summed E-state index contributed by atoms with van der Waals surface area (Å²) >= 11 is 0. The Morgan fingerprint density at radius 1 is 0.956 bits per heavy atom. The molecule has 2 aliphatic heterocycles. The highest BCUT2D eigenvalue weighted by Crippen LogP contribution is 2.26. The first-order chi connectivity index (χ1) is 21.8. The summed E-state index contributed by atoms with van der Waals surface area (Å²) in [4.78, 5) is 29.3. The van der Waals surface area contributed by atoms with Gasteiger partial charge in [0.25, 0.3) is 5.91 Å². The Morgan fingerprint density at radius 3 is 2.29 bits per heavy atom. The number of hydrogen-bond donors (Lipinski definition) is 1. The first-order valence-corrected chi connectivity index (χ1v) is 16.5. The van der Waals surface area contributed by atoms with Gasteiger partial charge in [-0.15, -0.1) is 0 Å². The summed E-state index contributed by atoms with van der Waals surface area (Å²) in [5, 5.41) is 3.00. The number of hydrogen-bond acceptors (Lipinski definition) is 8. The van der Waals surface area contributed by atoms with Crippen LogP contribution in [0.1, 0.15) is 30.0 Å². The fourth-order valence-electron chi connectivity index (χ4n) is 5.35. The van der Waals surface area contributed by atoms with Crippen LogP contribution in [0.4, 0.5) is 0 Å². The van der Waals surface area contributed by atoms with Crippen LogP contribution < -0.4 is 14.8 Å². The monoisotopic (exact) mass is 637 g/mol. The number of nitrogens with one attached hydrogen (secondary N) is 1. The second kappa shape index (κ2) is 15.3. The van der Waals surface area contributed by atoms with Crippen LogP contribution in [0.3, 0.4) is 0 Å². The molecule has 3 aromatic carbocycles. The van der Waals surface area contributed by atoms with Gasteiger partial charge in [0.2, 0.25) is 15.9 Å². The van der Waals surface area contributed by atoms with Crippen molar-refractivity contribution in [3.8, 4) is 11.5 Å². The molecule has 2 unspecified atom stereocenters. The van der Waals surface area contributed by atoms with Gasteiger partial charge in [-0.25, -0.2) is 8.42 Å². The van der Waals surface area contributed by atoms with Gasteiger partial charge in [0, 0.05) is 32.8 Å².